The van der Waals surface area contributed by atoms with Gasteiger partial charge in [0.1, 0.15) is 17.2 Å². The van der Waals surface area contributed by atoms with Crippen LogP contribution in [0.4, 0.5) is 0 Å². The maximum atomic E-state index is 12.3. The number of rotatable bonds is 3. The van der Waals surface area contributed by atoms with E-state index in [4.69, 9.17) is 0 Å². The smallest absolute Gasteiger partial charge is 0.251 e. The van der Waals surface area contributed by atoms with Crippen molar-refractivity contribution in [3.8, 4) is 11.3 Å². The van der Waals surface area contributed by atoms with E-state index in [2.05, 4.69) is 30.7 Å². The van der Waals surface area contributed by atoms with Crippen LogP contribution in [0.3, 0.4) is 0 Å². The molecular formula is C17H18N2O2. The number of aromatic amines is 1. The van der Waals surface area contributed by atoms with Crippen LogP contribution in [0.25, 0.3) is 11.3 Å². The Hall–Kier alpha value is -2.23. The molecule has 4 nitrogen and oxygen atoms in total. The SMILES string of the molecule is CCC(c1nc2c([nH]1)C(=O)C(=O)c1ccccc1-2)C(C)C. The lowest BCUT2D eigenvalue weighted by Crippen LogP contribution is -2.21. The number of imidazole rings is 1. The molecule has 2 aromatic rings. The van der Waals surface area contributed by atoms with E-state index in [1.807, 2.05) is 12.1 Å². The third kappa shape index (κ3) is 2.02. The molecule has 0 amide bonds. The molecule has 0 fully saturated rings. The van der Waals surface area contributed by atoms with E-state index in [1.54, 1.807) is 12.1 Å². The van der Waals surface area contributed by atoms with Crippen molar-refractivity contribution in [2.24, 2.45) is 5.92 Å². The zero-order valence-electron chi connectivity index (χ0n) is 12.4. The van der Waals surface area contributed by atoms with E-state index in [1.165, 1.54) is 0 Å². The topological polar surface area (TPSA) is 62.8 Å². The van der Waals surface area contributed by atoms with Crippen LogP contribution in [0.2, 0.25) is 0 Å². The summed E-state index contributed by atoms with van der Waals surface area (Å²) in [6.07, 6.45) is 0.938. The van der Waals surface area contributed by atoms with E-state index in [-0.39, 0.29) is 5.92 Å². The fourth-order valence-electron chi connectivity index (χ4n) is 3.03. The number of Topliss-reactive ketones (excluding diaryl/α,β-unsaturated/α-hetero) is 2. The van der Waals surface area contributed by atoms with Crippen LogP contribution in [-0.2, 0) is 0 Å². The van der Waals surface area contributed by atoms with Crippen LogP contribution < -0.4 is 0 Å². The van der Waals surface area contributed by atoms with Crippen molar-refractivity contribution in [3.05, 3.63) is 41.3 Å². The number of benzene rings is 1. The van der Waals surface area contributed by atoms with Crippen LogP contribution in [0.1, 0.15) is 59.8 Å². The van der Waals surface area contributed by atoms with Gasteiger partial charge in [-0.15, -0.1) is 0 Å². The van der Waals surface area contributed by atoms with Crippen molar-refractivity contribution in [2.75, 3.05) is 0 Å². The number of nitrogens with one attached hydrogen (secondary N) is 1. The summed E-state index contributed by atoms with van der Waals surface area (Å²) in [5, 5.41) is 0. The first-order valence-electron chi connectivity index (χ1n) is 7.32. The molecule has 1 aromatic heterocycles. The molecule has 0 saturated carbocycles. The van der Waals surface area contributed by atoms with Crippen LogP contribution in [0.5, 0.6) is 0 Å². The lowest BCUT2D eigenvalue weighted by Gasteiger charge is -2.15. The number of ketones is 2. The Morgan fingerprint density at radius 1 is 1.10 bits per heavy atom. The second-order valence-electron chi connectivity index (χ2n) is 5.81. The van der Waals surface area contributed by atoms with Crippen molar-refractivity contribution in [2.45, 2.75) is 33.1 Å². The monoisotopic (exact) mass is 282 g/mol. The molecule has 0 radical (unpaired) electrons. The van der Waals surface area contributed by atoms with Gasteiger partial charge < -0.3 is 4.98 Å². The number of nitrogens with zero attached hydrogens (tertiary/aromatic N) is 1. The fraction of sp³-hybridized carbons (Fsp3) is 0.353. The molecule has 108 valence electrons. The Morgan fingerprint density at radius 3 is 2.38 bits per heavy atom. The first kappa shape index (κ1) is 13.7. The van der Waals surface area contributed by atoms with Gasteiger partial charge in [0.05, 0.1) is 0 Å². The van der Waals surface area contributed by atoms with E-state index < -0.39 is 11.6 Å². The quantitative estimate of drug-likeness (QED) is 0.875. The van der Waals surface area contributed by atoms with E-state index in [0.29, 0.717) is 22.9 Å². The highest BCUT2D eigenvalue weighted by Crippen LogP contribution is 2.35. The minimum absolute atomic E-state index is 0.255. The van der Waals surface area contributed by atoms with Gasteiger partial charge >= 0.3 is 0 Å². The van der Waals surface area contributed by atoms with Crippen molar-refractivity contribution in [3.63, 3.8) is 0 Å². The molecule has 1 heterocycles. The van der Waals surface area contributed by atoms with Gasteiger partial charge in [-0.3, -0.25) is 9.59 Å². The van der Waals surface area contributed by atoms with Crippen LogP contribution in [0, 0.1) is 5.92 Å². The molecule has 0 aliphatic heterocycles. The van der Waals surface area contributed by atoms with Crippen LogP contribution in [-0.4, -0.2) is 21.5 Å². The van der Waals surface area contributed by atoms with Crippen molar-refractivity contribution in [1.82, 2.24) is 9.97 Å². The second-order valence-corrected chi connectivity index (χ2v) is 5.81. The largest absolute Gasteiger partial charge is 0.338 e. The molecule has 1 atom stereocenters. The maximum Gasteiger partial charge on any atom is 0.251 e. The number of fused-ring (bicyclic) bond motifs is 3. The van der Waals surface area contributed by atoms with Crippen molar-refractivity contribution < 1.29 is 9.59 Å². The molecule has 1 unspecified atom stereocenters. The van der Waals surface area contributed by atoms with E-state index >= 15 is 0 Å². The van der Waals surface area contributed by atoms with Gasteiger partial charge in [-0.25, -0.2) is 4.98 Å². The number of hydrogen-bond acceptors (Lipinski definition) is 3. The zero-order chi connectivity index (χ0) is 15.1. The summed E-state index contributed by atoms with van der Waals surface area (Å²) >= 11 is 0. The lowest BCUT2D eigenvalue weighted by atomic mass is 9.90. The highest BCUT2D eigenvalue weighted by molar-refractivity contribution is 6.52. The van der Waals surface area contributed by atoms with Gasteiger partial charge in [0.2, 0.25) is 5.78 Å². The molecule has 3 rings (SSSR count). The zero-order valence-corrected chi connectivity index (χ0v) is 12.4. The number of hydrogen-bond donors (Lipinski definition) is 1. The summed E-state index contributed by atoms with van der Waals surface area (Å²) in [6.45, 7) is 6.38. The van der Waals surface area contributed by atoms with E-state index in [9.17, 15) is 9.59 Å². The number of aromatic nitrogens is 2. The summed E-state index contributed by atoms with van der Waals surface area (Å²) in [5.74, 6) is 0.539. The Balaban J connectivity index is 2.19. The van der Waals surface area contributed by atoms with Gasteiger partial charge in [-0.2, -0.15) is 0 Å². The Labute approximate surface area is 123 Å². The third-order valence-electron chi connectivity index (χ3n) is 4.18. The average molecular weight is 282 g/mol. The minimum atomic E-state index is -0.485. The van der Waals surface area contributed by atoms with Crippen molar-refractivity contribution in [1.29, 1.82) is 0 Å². The summed E-state index contributed by atoms with van der Waals surface area (Å²) in [5.41, 5.74) is 2.15. The third-order valence-corrected chi connectivity index (χ3v) is 4.18. The fourth-order valence-corrected chi connectivity index (χ4v) is 3.03. The predicted octanol–water partition coefficient (Wildman–Crippen LogP) is 3.61. The standard InChI is InChI=1S/C17H18N2O2/c1-4-10(9(2)3)17-18-13-11-7-5-6-8-12(11)15(20)16(21)14(13)19-17/h5-10H,4H2,1-3H3,(H,18,19). The molecular weight excluding hydrogens is 264 g/mol. The Bertz CT molecular complexity index is 728. The van der Waals surface area contributed by atoms with Gasteiger partial charge in [0, 0.05) is 17.0 Å². The number of carbonyl (C=O) groups excluding carboxylic acids is 2. The number of H-pyrrole nitrogens is 1. The molecule has 1 N–H and O–H groups in total. The minimum Gasteiger partial charge on any atom is -0.338 e. The summed E-state index contributed by atoms with van der Waals surface area (Å²) < 4.78 is 0. The first-order valence-corrected chi connectivity index (χ1v) is 7.32. The van der Waals surface area contributed by atoms with Crippen molar-refractivity contribution >= 4 is 11.6 Å². The van der Waals surface area contributed by atoms with Gasteiger partial charge in [0.25, 0.3) is 5.78 Å². The summed E-state index contributed by atoms with van der Waals surface area (Å²) in [6, 6.07) is 7.16. The van der Waals surface area contributed by atoms with Crippen LogP contribution in [0.15, 0.2) is 24.3 Å². The lowest BCUT2D eigenvalue weighted by molar-refractivity contribution is 0.0812. The molecule has 1 aliphatic rings. The van der Waals surface area contributed by atoms with Gasteiger partial charge in [-0.1, -0.05) is 45.0 Å². The van der Waals surface area contributed by atoms with Gasteiger partial charge in [-0.05, 0) is 12.3 Å². The number of carbonyl (C=O) groups is 2. The van der Waals surface area contributed by atoms with Gasteiger partial charge in [0.15, 0.2) is 0 Å². The molecule has 1 aromatic carbocycles. The molecule has 0 bridgehead atoms. The molecule has 21 heavy (non-hydrogen) atoms. The molecule has 0 saturated heterocycles. The maximum absolute atomic E-state index is 12.3. The van der Waals surface area contributed by atoms with E-state index in [0.717, 1.165) is 17.8 Å². The first-order chi connectivity index (χ1) is 10.0. The predicted molar refractivity (Wildman–Crippen MR) is 80.6 cm³/mol. The summed E-state index contributed by atoms with van der Waals surface area (Å²) in [7, 11) is 0. The highest BCUT2D eigenvalue weighted by Gasteiger charge is 2.34. The Kier molecular flexibility index (Phi) is 3.24. The normalized spacial score (nSPS) is 15.0. The summed E-state index contributed by atoms with van der Waals surface area (Å²) in [4.78, 5) is 32.2. The molecule has 4 heteroatoms. The molecule has 1 aliphatic carbocycles. The highest BCUT2D eigenvalue weighted by atomic mass is 16.2. The Morgan fingerprint density at radius 2 is 1.76 bits per heavy atom. The van der Waals surface area contributed by atoms with Crippen LogP contribution >= 0.6 is 0 Å². The average Bonchev–Trinajstić information content (AvgIpc) is 2.90. The second kappa shape index (κ2) is 4.95. The molecule has 0 spiro atoms.